The molecule has 95 valence electrons. The van der Waals surface area contributed by atoms with Crippen LogP contribution in [0.4, 0.5) is 0 Å². The predicted octanol–water partition coefficient (Wildman–Crippen LogP) is 5.01. The largest absolute Gasteiger partial charge is 0.351 e. The summed E-state index contributed by atoms with van der Waals surface area (Å²) in [5, 5.41) is 2.94. The number of thioether (sulfide) groups is 1. The van der Waals surface area contributed by atoms with Crippen LogP contribution in [-0.2, 0) is 6.54 Å². The SMILES string of the molecule is Clc1ccc(C2=CS[CH]N2Cc2ccccc2)cc1. The van der Waals surface area contributed by atoms with E-state index in [1.165, 1.54) is 16.8 Å². The summed E-state index contributed by atoms with van der Waals surface area (Å²) < 4.78 is 0. The fourth-order valence-electron chi connectivity index (χ4n) is 2.05. The van der Waals surface area contributed by atoms with Crippen molar-refractivity contribution in [3.05, 3.63) is 82.0 Å². The summed E-state index contributed by atoms with van der Waals surface area (Å²) in [7, 11) is 0. The van der Waals surface area contributed by atoms with Crippen LogP contribution in [0.5, 0.6) is 0 Å². The Bertz CT molecular complexity index is 577. The van der Waals surface area contributed by atoms with E-state index in [1.54, 1.807) is 11.8 Å². The number of hydrogen-bond donors (Lipinski definition) is 0. The topological polar surface area (TPSA) is 3.24 Å². The molecule has 1 heterocycles. The highest BCUT2D eigenvalue weighted by Crippen LogP contribution is 2.35. The van der Waals surface area contributed by atoms with Gasteiger partial charge in [-0.2, -0.15) is 0 Å². The van der Waals surface area contributed by atoms with Crippen molar-refractivity contribution in [1.29, 1.82) is 0 Å². The van der Waals surface area contributed by atoms with Crippen LogP contribution in [0.2, 0.25) is 5.02 Å². The summed E-state index contributed by atoms with van der Waals surface area (Å²) in [6.45, 7) is 0.891. The molecule has 0 spiro atoms. The van der Waals surface area contributed by atoms with E-state index in [1.807, 2.05) is 18.2 Å². The van der Waals surface area contributed by atoms with Crippen molar-refractivity contribution in [2.45, 2.75) is 6.54 Å². The van der Waals surface area contributed by atoms with Crippen LogP contribution in [0, 0.1) is 5.88 Å². The summed E-state index contributed by atoms with van der Waals surface area (Å²) in [4.78, 5) is 2.27. The van der Waals surface area contributed by atoms with Crippen molar-refractivity contribution < 1.29 is 0 Å². The second-order valence-electron chi connectivity index (χ2n) is 4.36. The maximum atomic E-state index is 5.94. The van der Waals surface area contributed by atoms with Crippen molar-refractivity contribution in [3.8, 4) is 0 Å². The van der Waals surface area contributed by atoms with Crippen LogP contribution in [-0.4, -0.2) is 4.90 Å². The summed E-state index contributed by atoms with van der Waals surface area (Å²) in [5.74, 6) is 2.15. The Morgan fingerprint density at radius 3 is 2.42 bits per heavy atom. The first-order valence-electron chi connectivity index (χ1n) is 6.08. The van der Waals surface area contributed by atoms with E-state index in [9.17, 15) is 0 Å². The van der Waals surface area contributed by atoms with Crippen LogP contribution in [0.25, 0.3) is 5.70 Å². The summed E-state index contributed by atoms with van der Waals surface area (Å²) >= 11 is 7.65. The second kappa shape index (κ2) is 5.72. The second-order valence-corrected chi connectivity index (χ2v) is 5.52. The van der Waals surface area contributed by atoms with Crippen molar-refractivity contribution in [2.75, 3.05) is 0 Å². The maximum Gasteiger partial charge on any atom is 0.110 e. The number of nitrogens with zero attached hydrogens (tertiary/aromatic N) is 1. The molecule has 1 radical (unpaired) electrons. The Balaban J connectivity index is 1.80. The first-order valence-corrected chi connectivity index (χ1v) is 7.40. The minimum atomic E-state index is 0.772. The average molecular weight is 287 g/mol. The Hall–Kier alpha value is -1.38. The van der Waals surface area contributed by atoms with Crippen molar-refractivity contribution in [3.63, 3.8) is 0 Å². The van der Waals surface area contributed by atoms with Crippen molar-refractivity contribution in [2.24, 2.45) is 0 Å². The van der Waals surface area contributed by atoms with Gasteiger partial charge in [-0.15, -0.1) is 11.8 Å². The minimum absolute atomic E-state index is 0.772. The fourth-order valence-corrected chi connectivity index (χ4v) is 2.97. The molecule has 3 rings (SSSR count). The summed E-state index contributed by atoms with van der Waals surface area (Å²) in [5.41, 5.74) is 3.73. The first-order chi connectivity index (χ1) is 9.33. The molecule has 0 unspecified atom stereocenters. The van der Waals surface area contributed by atoms with Crippen LogP contribution in [0.1, 0.15) is 11.1 Å². The normalized spacial score (nSPS) is 14.6. The molecule has 1 aliphatic rings. The third-order valence-corrected chi connectivity index (χ3v) is 4.00. The first kappa shape index (κ1) is 12.6. The zero-order valence-electron chi connectivity index (χ0n) is 10.3. The molecule has 0 N–H and O–H groups in total. The van der Waals surface area contributed by atoms with Gasteiger partial charge in [-0.1, -0.05) is 54.1 Å². The molecule has 0 aliphatic carbocycles. The van der Waals surface area contributed by atoms with Crippen LogP contribution in [0.3, 0.4) is 0 Å². The van der Waals surface area contributed by atoms with Gasteiger partial charge in [0.15, 0.2) is 0 Å². The Kier molecular flexibility index (Phi) is 3.81. The molecule has 0 saturated carbocycles. The highest BCUT2D eigenvalue weighted by atomic mass is 35.5. The summed E-state index contributed by atoms with van der Waals surface area (Å²) in [6, 6.07) is 18.5. The van der Waals surface area contributed by atoms with Gasteiger partial charge in [0.05, 0.1) is 5.70 Å². The van der Waals surface area contributed by atoms with E-state index in [0.717, 1.165) is 11.6 Å². The van der Waals surface area contributed by atoms with Gasteiger partial charge in [-0.25, -0.2) is 0 Å². The van der Waals surface area contributed by atoms with E-state index in [-0.39, 0.29) is 0 Å². The molecule has 0 aromatic heterocycles. The molecule has 2 aromatic rings. The van der Waals surface area contributed by atoms with Gasteiger partial charge in [0, 0.05) is 11.6 Å². The fraction of sp³-hybridized carbons (Fsp3) is 0.0625. The van der Waals surface area contributed by atoms with Crippen molar-refractivity contribution >= 4 is 29.1 Å². The Morgan fingerprint density at radius 1 is 0.947 bits per heavy atom. The van der Waals surface area contributed by atoms with Gasteiger partial charge in [-0.05, 0) is 28.7 Å². The lowest BCUT2D eigenvalue weighted by molar-refractivity contribution is 0.513. The predicted molar refractivity (Wildman–Crippen MR) is 83.3 cm³/mol. The molecule has 0 saturated heterocycles. The highest BCUT2D eigenvalue weighted by Gasteiger charge is 2.17. The molecule has 19 heavy (non-hydrogen) atoms. The molecule has 0 bridgehead atoms. The minimum Gasteiger partial charge on any atom is -0.351 e. The molecule has 0 fully saturated rings. The monoisotopic (exact) mass is 286 g/mol. The average Bonchev–Trinajstić information content (AvgIpc) is 2.89. The standard InChI is InChI=1S/C16H13ClNS/c17-15-8-6-14(7-9-15)16-11-19-12-18(16)10-13-4-2-1-3-5-13/h1-9,11-12H,10H2. The van der Waals surface area contributed by atoms with E-state index in [0.29, 0.717) is 0 Å². The van der Waals surface area contributed by atoms with Crippen LogP contribution < -0.4 is 0 Å². The zero-order valence-corrected chi connectivity index (χ0v) is 11.9. The molecule has 0 amide bonds. The van der Waals surface area contributed by atoms with E-state index < -0.39 is 0 Å². The molecular weight excluding hydrogens is 274 g/mol. The van der Waals surface area contributed by atoms with Crippen LogP contribution in [0.15, 0.2) is 60.0 Å². The molecular formula is C16H13ClNS. The number of benzene rings is 2. The molecule has 3 heteroatoms. The lowest BCUT2D eigenvalue weighted by atomic mass is 10.1. The third kappa shape index (κ3) is 2.96. The molecule has 1 nitrogen and oxygen atoms in total. The number of halogens is 1. The highest BCUT2D eigenvalue weighted by molar-refractivity contribution is 8.04. The van der Waals surface area contributed by atoms with Gasteiger partial charge in [0.1, 0.15) is 5.88 Å². The lowest BCUT2D eigenvalue weighted by Gasteiger charge is -2.21. The Labute approximate surface area is 122 Å². The maximum absolute atomic E-state index is 5.94. The van der Waals surface area contributed by atoms with Gasteiger partial charge in [-0.3, -0.25) is 0 Å². The van der Waals surface area contributed by atoms with E-state index in [4.69, 9.17) is 11.6 Å². The molecule has 1 aliphatic heterocycles. The van der Waals surface area contributed by atoms with Gasteiger partial charge < -0.3 is 4.90 Å². The zero-order chi connectivity index (χ0) is 13.1. The molecule has 0 atom stereocenters. The van der Waals surface area contributed by atoms with Gasteiger partial charge >= 0.3 is 0 Å². The van der Waals surface area contributed by atoms with E-state index >= 15 is 0 Å². The van der Waals surface area contributed by atoms with Crippen LogP contribution >= 0.6 is 23.4 Å². The quantitative estimate of drug-likeness (QED) is 0.780. The molecule has 2 aromatic carbocycles. The number of hydrogen-bond acceptors (Lipinski definition) is 2. The van der Waals surface area contributed by atoms with Crippen molar-refractivity contribution in [1.82, 2.24) is 4.90 Å². The third-order valence-electron chi connectivity index (χ3n) is 3.01. The van der Waals surface area contributed by atoms with Gasteiger partial charge in [0.25, 0.3) is 0 Å². The Morgan fingerprint density at radius 2 is 1.68 bits per heavy atom. The van der Waals surface area contributed by atoms with Gasteiger partial charge in [0.2, 0.25) is 0 Å². The number of rotatable bonds is 3. The smallest absolute Gasteiger partial charge is 0.110 e. The lowest BCUT2D eigenvalue weighted by Crippen LogP contribution is -2.14. The van der Waals surface area contributed by atoms with E-state index in [2.05, 4.69) is 52.6 Å². The summed E-state index contributed by atoms with van der Waals surface area (Å²) in [6.07, 6.45) is 0.